The lowest BCUT2D eigenvalue weighted by molar-refractivity contribution is 1.07. The smallest absolute Gasteiger partial charge is 0.164 e. The average molecular weight is 662 g/mol. The summed E-state index contributed by atoms with van der Waals surface area (Å²) in [5.41, 5.74) is 15.1. The van der Waals surface area contributed by atoms with Gasteiger partial charge in [0.25, 0.3) is 0 Å². The minimum Gasteiger partial charge on any atom is -0.208 e. The van der Waals surface area contributed by atoms with Gasteiger partial charge in [0.1, 0.15) is 0 Å². The summed E-state index contributed by atoms with van der Waals surface area (Å²) in [5.74, 6) is 1.95. The highest BCUT2D eigenvalue weighted by atomic mass is 15.0. The van der Waals surface area contributed by atoms with Gasteiger partial charge in [0.05, 0.1) is 0 Å². The minimum absolute atomic E-state index is 0.643. The van der Waals surface area contributed by atoms with E-state index < -0.39 is 0 Å². The summed E-state index contributed by atoms with van der Waals surface area (Å²) < 4.78 is 0. The van der Waals surface area contributed by atoms with Gasteiger partial charge in [-0.1, -0.05) is 164 Å². The molecule has 0 spiro atoms. The van der Waals surface area contributed by atoms with Crippen LogP contribution in [0.1, 0.15) is 0 Å². The number of nitrogens with zero attached hydrogens (tertiary/aromatic N) is 3. The predicted octanol–water partition coefficient (Wildman–Crippen LogP) is 12.7. The zero-order valence-corrected chi connectivity index (χ0v) is 28.2. The Kier molecular flexibility index (Phi) is 7.14. The Bertz CT molecular complexity index is 2710. The first-order valence-electron chi connectivity index (χ1n) is 17.6. The SMILES string of the molecule is c1ccc(-c2cc(-c3cccc(-c4cccc(-c5nc(-c6ccccc6)nc(-c6ccccc6)n5)c4)c3)c3c(c2)-c2cccc4cccc-3c24)cc1. The Hall–Kier alpha value is -6.97. The van der Waals surface area contributed by atoms with E-state index in [-0.39, 0.29) is 0 Å². The largest absolute Gasteiger partial charge is 0.208 e. The Balaban J connectivity index is 1.11. The molecule has 0 radical (unpaired) electrons. The zero-order chi connectivity index (χ0) is 34.4. The molecule has 0 unspecified atom stereocenters. The average Bonchev–Trinajstić information content (AvgIpc) is 3.56. The molecule has 0 amide bonds. The quantitative estimate of drug-likeness (QED) is 0.178. The molecule has 0 saturated carbocycles. The summed E-state index contributed by atoms with van der Waals surface area (Å²) in [6, 6.07) is 66.5. The summed E-state index contributed by atoms with van der Waals surface area (Å²) in [7, 11) is 0. The van der Waals surface area contributed by atoms with E-state index in [0.717, 1.165) is 27.8 Å². The first kappa shape index (κ1) is 29.9. The number of hydrogen-bond donors (Lipinski definition) is 0. The third-order valence-electron chi connectivity index (χ3n) is 10.0. The van der Waals surface area contributed by atoms with Crippen molar-refractivity contribution in [1.82, 2.24) is 15.0 Å². The van der Waals surface area contributed by atoms with E-state index in [9.17, 15) is 0 Å². The van der Waals surface area contributed by atoms with Crippen LogP contribution in [0.25, 0.3) is 101 Å². The molecule has 0 fully saturated rings. The Morgan fingerprint density at radius 1 is 0.250 bits per heavy atom. The van der Waals surface area contributed by atoms with Gasteiger partial charge in [0, 0.05) is 16.7 Å². The van der Waals surface area contributed by atoms with Crippen LogP contribution in [-0.4, -0.2) is 15.0 Å². The van der Waals surface area contributed by atoms with Crippen LogP contribution in [0.5, 0.6) is 0 Å². The maximum Gasteiger partial charge on any atom is 0.164 e. The maximum absolute atomic E-state index is 4.99. The van der Waals surface area contributed by atoms with Crippen molar-refractivity contribution in [2.75, 3.05) is 0 Å². The third-order valence-corrected chi connectivity index (χ3v) is 10.0. The highest BCUT2D eigenvalue weighted by Crippen LogP contribution is 2.52. The Morgan fingerprint density at radius 3 is 1.31 bits per heavy atom. The van der Waals surface area contributed by atoms with Gasteiger partial charge in [-0.25, -0.2) is 15.0 Å². The monoisotopic (exact) mass is 661 g/mol. The molecule has 10 rings (SSSR count). The van der Waals surface area contributed by atoms with E-state index in [1.165, 1.54) is 55.3 Å². The van der Waals surface area contributed by atoms with Crippen molar-refractivity contribution in [2.45, 2.75) is 0 Å². The normalized spacial score (nSPS) is 11.5. The maximum atomic E-state index is 4.99. The van der Waals surface area contributed by atoms with E-state index in [1.54, 1.807) is 0 Å². The van der Waals surface area contributed by atoms with E-state index in [4.69, 9.17) is 15.0 Å². The van der Waals surface area contributed by atoms with Crippen LogP contribution < -0.4 is 0 Å². The number of benzene rings is 8. The van der Waals surface area contributed by atoms with Crippen molar-refractivity contribution >= 4 is 10.8 Å². The van der Waals surface area contributed by atoms with Gasteiger partial charge in [0.15, 0.2) is 17.5 Å². The number of hydrogen-bond acceptors (Lipinski definition) is 3. The van der Waals surface area contributed by atoms with Crippen molar-refractivity contribution < 1.29 is 0 Å². The molecule has 0 N–H and O–H groups in total. The molecule has 3 heteroatoms. The second kappa shape index (κ2) is 12.4. The molecule has 8 aromatic carbocycles. The summed E-state index contributed by atoms with van der Waals surface area (Å²) >= 11 is 0. The summed E-state index contributed by atoms with van der Waals surface area (Å²) in [5, 5.41) is 2.60. The fraction of sp³-hybridized carbons (Fsp3) is 0. The Morgan fingerprint density at radius 2 is 0.692 bits per heavy atom. The second-order valence-electron chi connectivity index (χ2n) is 13.2. The molecule has 1 aliphatic rings. The number of rotatable bonds is 6. The van der Waals surface area contributed by atoms with Gasteiger partial charge in [-0.05, 0) is 90.7 Å². The standard InChI is InChI=1S/C49H31N3/c1-4-14-32(15-5-1)40-30-43(46-42-27-13-21-33-20-12-26-41(45(33)42)44(46)31-40)38-24-10-22-36(28-38)37-23-11-25-39(29-37)49-51-47(34-16-6-2-7-17-34)50-48(52-49)35-18-8-3-9-19-35/h1-31H. The molecule has 52 heavy (non-hydrogen) atoms. The van der Waals surface area contributed by atoms with E-state index in [1.807, 2.05) is 60.7 Å². The van der Waals surface area contributed by atoms with Crippen LogP contribution >= 0.6 is 0 Å². The topological polar surface area (TPSA) is 38.7 Å². The van der Waals surface area contributed by atoms with Crippen molar-refractivity contribution in [3.63, 3.8) is 0 Å². The first-order chi connectivity index (χ1) is 25.8. The molecular formula is C49H31N3. The van der Waals surface area contributed by atoms with Crippen LogP contribution in [0.4, 0.5) is 0 Å². The van der Waals surface area contributed by atoms with Crippen molar-refractivity contribution in [3.05, 3.63) is 188 Å². The van der Waals surface area contributed by atoms with Crippen molar-refractivity contribution in [3.8, 4) is 89.8 Å². The fourth-order valence-corrected chi connectivity index (χ4v) is 7.59. The molecule has 9 aromatic rings. The van der Waals surface area contributed by atoms with Gasteiger partial charge >= 0.3 is 0 Å². The molecule has 0 saturated heterocycles. The van der Waals surface area contributed by atoms with Crippen molar-refractivity contribution in [1.29, 1.82) is 0 Å². The fourth-order valence-electron chi connectivity index (χ4n) is 7.59. The molecule has 0 bridgehead atoms. The molecule has 1 heterocycles. The highest BCUT2D eigenvalue weighted by molar-refractivity contribution is 6.18. The van der Waals surface area contributed by atoms with Crippen LogP contribution in [0.15, 0.2) is 188 Å². The molecule has 0 aliphatic heterocycles. The van der Waals surface area contributed by atoms with E-state index in [0.29, 0.717) is 17.5 Å². The molecule has 242 valence electrons. The third kappa shape index (κ3) is 5.19. The van der Waals surface area contributed by atoms with Gasteiger partial charge in [-0.3, -0.25) is 0 Å². The van der Waals surface area contributed by atoms with Gasteiger partial charge in [-0.2, -0.15) is 0 Å². The zero-order valence-electron chi connectivity index (χ0n) is 28.2. The van der Waals surface area contributed by atoms with E-state index >= 15 is 0 Å². The summed E-state index contributed by atoms with van der Waals surface area (Å²) in [4.78, 5) is 14.9. The van der Waals surface area contributed by atoms with Gasteiger partial charge in [0.2, 0.25) is 0 Å². The van der Waals surface area contributed by atoms with Crippen LogP contribution in [-0.2, 0) is 0 Å². The van der Waals surface area contributed by atoms with Crippen LogP contribution in [0.3, 0.4) is 0 Å². The Labute approximate surface area is 302 Å². The second-order valence-corrected chi connectivity index (χ2v) is 13.2. The van der Waals surface area contributed by atoms with Crippen LogP contribution in [0.2, 0.25) is 0 Å². The lowest BCUT2D eigenvalue weighted by Crippen LogP contribution is -2.00. The molecule has 1 aromatic heterocycles. The number of fused-ring (bicyclic) bond motifs is 3. The number of aromatic nitrogens is 3. The first-order valence-corrected chi connectivity index (χ1v) is 17.6. The predicted molar refractivity (Wildman–Crippen MR) is 214 cm³/mol. The highest BCUT2D eigenvalue weighted by Gasteiger charge is 2.25. The summed E-state index contributed by atoms with van der Waals surface area (Å²) in [6.07, 6.45) is 0. The molecule has 1 aliphatic carbocycles. The van der Waals surface area contributed by atoms with E-state index in [2.05, 4.69) is 127 Å². The van der Waals surface area contributed by atoms with Crippen molar-refractivity contribution in [2.24, 2.45) is 0 Å². The summed E-state index contributed by atoms with van der Waals surface area (Å²) in [6.45, 7) is 0. The molecule has 3 nitrogen and oxygen atoms in total. The lowest BCUT2D eigenvalue weighted by atomic mass is 9.88. The van der Waals surface area contributed by atoms with Gasteiger partial charge < -0.3 is 0 Å². The molecule has 0 atom stereocenters. The van der Waals surface area contributed by atoms with Gasteiger partial charge in [-0.15, -0.1) is 0 Å². The molecular weight excluding hydrogens is 631 g/mol. The lowest BCUT2D eigenvalue weighted by Gasteiger charge is -2.15. The van der Waals surface area contributed by atoms with Crippen LogP contribution in [0, 0.1) is 0 Å². The minimum atomic E-state index is 0.643.